The van der Waals surface area contributed by atoms with Gasteiger partial charge in [0, 0.05) is 37.9 Å². The lowest BCUT2D eigenvalue weighted by Crippen LogP contribution is -2.02. The molecule has 0 aliphatic carbocycles. The summed E-state index contributed by atoms with van der Waals surface area (Å²) in [4.78, 5) is 4.43. The first kappa shape index (κ1) is 11.4. The summed E-state index contributed by atoms with van der Waals surface area (Å²) in [6.07, 6.45) is 4.39. The van der Waals surface area contributed by atoms with Gasteiger partial charge >= 0.3 is 0 Å². The van der Waals surface area contributed by atoms with Crippen molar-refractivity contribution in [2.24, 2.45) is 7.05 Å². The van der Waals surface area contributed by atoms with Gasteiger partial charge in [0.1, 0.15) is 0 Å². The van der Waals surface area contributed by atoms with E-state index in [4.69, 9.17) is 9.26 Å². The Balaban J connectivity index is 1.61. The van der Waals surface area contributed by atoms with Gasteiger partial charge in [0.2, 0.25) is 5.89 Å². The predicted molar refractivity (Wildman–Crippen MR) is 63.1 cm³/mol. The van der Waals surface area contributed by atoms with Crippen LogP contribution in [0.25, 0.3) is 0 Å². The van der Waals surface area contributed by atoms with Crippen LogP contribution in [-0.2, 0) is 24.6 Å². The molecule has 0 spiro atoms. The fraction of sp³-hybridized carbons (Fsp3) is 0.583. The maximum Gasteiger partial charge on any atom is 0.227 e. The van der Waals surface area contributed by atoms with Crippen LogP contribution in [0, 0.1) is 0 Å². The van der Waals surface area contributed by atoms with Crippen molar-refractivity contribution in [1.82, 2.24) is 19.9 Å². The van der Waals surface area contributed by atoms with Crippen LogP contribution >= 0.6 is 0 Å². The highest BCUT2D eigenvalue weighted by molar-refractivity contribution is 5.03. The van der Waals surface area contributed by atoms with E-state index in [2.05, 4.69) is 15.2 Å². The zero-order valence-electron chi connectivity index (χ0n) is 10.4. The molecular weight excluding hydrogens is 232 g/mol. The molecule has 0 bridgehead atoms. The molecule has 6 heteroatoms. The third-order valence-electron chi connectivity index (χ3n) is 3.30. The molecule has 1 aliphatic rings. The summed E-state index contributed by atoms with van der Waals surface area (Å²) >= 11 is 0. The summed E-state index contributed by atoms with van der Waals surface area (Å²) in [5.74, 6) is 1.78. The minimum Gasteiger partial charge on any atom is -0.381 e. The monoisotopic (exact) mass is 248 g/mol. The van der Waals surface area contributed by atoms with E-state index in [1.54, 1.807) is 6.20 Å². The molecule has 2 aromatic rings. The Bertz CT molecular complexity index is 514. The van der Waals surface area contributed by atoms with Crippen LogP contribution < -0.4 is 0 Å². The van der Waals surface area contributed by atoms with E-state index in [0.29, 0.717) is 18.4 Å². The lowest BCUT2D eigenvalue weighted by atomic mass is 10.1. The first-order valence-corrected chi connectivity index (χ1v) is 6.20. The molecule has 18 heavy (non-hydrogen) atoms. The van der Waals surface area contributed by atoms with E-state index in [9.17, 15) is 0 Å². The third kappa shape index (κ3) is 2.28. The number of aryl methyl sites for hydroxylation is 3. The van der Waals surface area contributed by atoms with Crippen molar-refractivity contribution in [3.63, 3.8) is 0 Å². The largest absolute Gasteiger partial charge is 0.381 e. The third-order valence-corrected chi connectivity index (χ3v) is 3.30. The second-order valence-electron chi connectivity index (χ2n) is 4.55. The highest BCUT2D eigenvalue weighted by Gasteiger charge is 2.22. The van der Waals surface area contributed by atoms with Crippen LogP contribution in [0.2, 0.25) is 0 Å². The molecule has 3 heterocycles. The van der Waals surface area contributed by atoms with Crippen molar-refractivity contribution in [2.75, 3.05) is 13.2 Å². The average molecular weight is 248 g/mol. The Hall–Kier alpha value is -1.69. The van der Waals surface area contributed by atoms with Crippen molar-refractivity contribution in [1.29, 1.82) is 0 Å². The molecular formula is C12H16N4O2. The van der Waals surface area contributed by atoms with Crippen molar-refractivity contribution in [3.05, 3.63) is 29.7 Å². The van der Waals surface area contributed by atoms with Crippen LogP contribution in [0.4, 0.5) is 0 Å². The van der Waals surface area contributed by atoms with Crippen molar-refractivity contribution in [2.45, 2.75) is 25.2 Å². The van der Waals surface area contributed by atoms with Crippen LogP contribution in [0.15, 0.2) is 16.8 Å². The summed E-state index contributed by atoms with van der Waals surface area (Å²) in [6.45, 7) is 1.50. The van der Waals surface area contributed by atoms with E-state index >= 15 is 0 Å². The van der Waals surface area contributed by atoms with Crippen molar-refractivity contribution < 1.29 is 9.26 Å². The van der Waals surface area contributed by atoms with E-state index in [-0.39, 0.29) is 0 Å². The minimum absolute atomic E-state index is 0.305. The highest BCUT2D eigenvalue weighted by atomic mass is 16.5. The molecule has 1 aliphatic heterocycles. The first-order chi connectivity index (χ1) is 8.83. The van der Waals surface area contributed by atoms with Crippen molar-refractivity contribution in [3.8, 4) is 0 Å². The maximum atomic E-state index is 5.32. The van der Waals surface area contributed by atoms with Crippen LogP contribution in [-0.4, -0.2) is 33.1 Å². The molecule has 0 saturated carbocycles. The zero-order valence-corrected chi connectivity index (χ0v) is 10.4. The van der Waals surface area contributed by atoms with Gasteiger partial charge in [-0.2, -0.15) is 10.1 Å². The minimum atomic E-state index is 0.305. The number of hydrogen-bond donors (Lipinski definition) is 0. The molecule has 1 atom stereocenters. The molecule has 1 saturated heterocycles. The normalized spacial score (nSPS) is 19.5. The Labute approximate surface area is 105 Å². The highest BCUT2D eigenvalue weighted by Crippen LogP contribution is 2.22. The second-order valence-corrected chi connectivity index (χ2v) is 4.55. The lowest BCUT2D eigenvalue weighted by molar-refractivity contribution is 0.192. The quantitative estimate of drug-likeness (QED) is 0.810. The summed E-state index contributed by atoms with van der Waals surface area (Å²) < 4.78 is 12.5. The SMILES string of the molecule is Cn1nccc1CCc1nc([C@@H]2CCOC2)no1. The molecule has 2 aromatic heterocycles. The zero-order chi connectivity index (χ0) is 12.4. The molecule has 0 radical (unpaired) electrons. The van der Waals surface area contributed by atoms with Gasteiger partial charge in [0.15, 0.2) is 5.82 Å². The first-order valence-electron chi connectivity index (χ1n) is 6.20. The molecule has 0 unspecified atom stereocenters. The fourth-order valence-electron chi connectivity index (χ4n) is 2.16. The van der Waals surface area contributed by atoms with E-state index in [1.165, 1.54) is 5.69 Å². The van der Waals surface area contributed by atoms with E-state index < -0.39 is 0 Å². The maximum absolute atomic E-state index is 5.32. The fourth-order valence-corrected chi connectivity index (χ4v) is 2.16. The Morgan fingerprint density at radius 1 is 1.44 bits per heavy atom. The van der Waals surface area contributed by atoms with Crippen LogP contribution in [0.1, 0.15) is 29.7 Å². The Morgan fingerprint density at radius 2 is 2.39 bits per heavy atom. The number of hydrogen-bond acceptors (Lipinski definition) is 5. The van der Waals surface area contributed by atoms with Gasteiger partial charge in [-0.05, 0) is 18.9 Å². The van der Waals surface area contributed by atoms with Gasteiger partial charge in [-0.15, -0.1) is 0 Å². The Morgan fingerprint density at radius 3 is 3.11 bits per heavy atom. The molecule has 6 nitrogen and oxygen atoms in total. The lowest BCUT2D eigenvalue weighted by Gasteiger charge is -1.99. The van der Waals surface area contributed by atoms with E-state index in [1.807, 2.05) is 17.8 Å². The molecule has 0 amide bonds. The molecule has 0 aromatic carbocycles. The average Bonchev–Trinajstić information content (AvgIpc) is 3.08. The van der Waals surface area contributed by atoms with Crippen molar-refractivity contribution >= 4 is 0 Å². The van der Waals surface area contributed by atoms with Gasteiger partial charge in [0.05, 0.1) is 6.61 Å². The summed E-state index contributed by atoms with van der Waals surface area (Å²) in [5, 5.41) is 8.16. The van der Waals surface area contributed by atoms with Crippen LogP contribution in [0.5, 0.6) is 0 Å². The summed E-state index contributed by atoms with van der Waals surface area (Å²) in [5.41, 5.74) is 1.17. The number of aromatic nitrogens is 4. The van der Waals surface area contributed by atoms with E-state index in [0.717, 1.165) is 31.7 Å². The Kier molecular flexibility index (Phi) is 3.10. The molecule has 3 rings (SSSR count). The number of rotatable bonds is 4. The second kappa shape index (κ2) is 4.89. The van der Waals surface area contributed by atoms with Gasteiger partial charge in [0.25, 0.3) is 0 Å². The number of ether oxygens (including phenoxy) is 1. The van der Waals surface area contributed by atoms with Gasteiger partial charge in [-0.25, -0.2) is 0 Å². The smallest absolute Gasteiger partial charge is 0.227 e. The predicted octanol–water partition coefficient (Wildman–Crippen LogP) is 1.09. The molecule has 96 valence electrons. The van der Waals surface area contributed by atoms with Gasteiger partial charge in [-0.1, -0.05) is 5.16 Å². The van der Waals surface area contributed by atoms with Gasteiger partial charge < -0.3 is 9.26 Å². The summed E-state index contributed by atoms with van der Waals surface area (Å²) in [6, 6.07) is 2.00. The van der Waals surface area contributed by atoms with Gasteiger partial charge in [-0.3, -0.25) is 4.68 Å². The standard InChI is InChI=1S/C12H16N4O2/c1-16-10(4-6-13-16)2-3-11-14-12(15-18-11)9-5-7-17-8-9/h4,6,9H,2-3,5,7-8H2,1H3/t9-/m1/s1. The molecule has 0 N–H and O–H groups in total. The summed E-state index contributed by atoms with van der Waals surface area (Å²) in [7, 11) is 1.93. The molecule has 1 fully saturated rings. The van der Waals surface area contributed by atoms with Crippen LogP contribution in [0.3, 0.4) is 0 Å². The topological polar surface area (TPSA) is 66.0 Å². The number of nitrogens with zero attached hydrogens (tertiary/aromatic N) is 4.